The average Bonchev–Trinajstić information content (AvgIpc) is 2.07. The van der Waals surface area contributed by atoms with Gasteiger partial charge in [-0.25, -0.2) is 8.42 Å². The Morgan fingerprint density at radius 2 is 2.07 bits per heavy atom. The van der Waals surface area contributed by atoms with Crippen molar-refractivity contribution in [3.63, 3.8) is 0 Å². The second kappa shape index (κ2) is 4.26. The summed E-state index contributed by atoms with van der Waals surface area (Å²) in [7, 11) is 1.33. The third-order valence-electron chi connectivity index (χ3n) is 1.42. The first kappa shape index (κ1) is 12.1. The summed E-state index contributed by atoms with van der Waals surface area (Å²) in [5, 5.41) is 8.63. The molecule has 1 aromatic rings. The fraction of sp³-hybridized carbons (Fsp3) is 0. The van der Waals surface area contributed by atoms with E-state index in [4.69, 9.17) is 15.9 Å². The molecule has 0 spiro atoms. The highest BCUT2D eigenvalue weighted by Crippen LogP contribution is 2.28. The number of nitriles is 1. The second-order valence-corrected chi connectivity index (χ2v) is 6.50. The standard InChI is InChI=1S/C7H3ClINO2S2/c8-14(11,12)6-2-4(3-10)1-5(9)7(6)13/h1-2,13H. The molecule has 14 heavy (non-hydrogen) atoms. The van der Waals surface area contributed by atoms with Gasteiger partial charge in [0.15, 0.2) is 0 Å². The molecule has 0 bridgehead atoms. The number of halogens is 2. The topological polar surface area (TPSA) is 57.9 Å². The summed E-state index contributed by atoms with van der Waals surface area (Å²) in [6.45, 7) is 0. The molecule has 0 aliphatic heterocycles. The molecule has 74 valence electrons. The van der Waals surface area contributed by atoms with E-state index in [9.17, 15) is 8.42 Å². The van der Waals surface area contributed by atoms with Gasteiger partial charge in [0.05, 0.1) is 16.5 Å². The molecule has 0 amide bonds. The number of rotatable bonds is 1. The fourth-order valence-corrected chi connectivity index (χ4v) is 3.26. The molecule has 1 rings (SSSR count). The minimum absolute atomic E-state index is 0.133. The van der Waals surface area contributed by atoms with Gasteiger partial charge in [-0.05, 0) is 34.7 Å². The number of thiol groups is 1. The maximum absolute atomic E-state index is 11.1. The van der Waals surface area contributed by atoms with Gasteiger partial charge in [0.1, 0.15) is 0 Å². The van der Waals surface area contributed by atoms with Crippen LogP contribution in [0.15, 0.2) is 21.9 Å². The summed E-state index contributed by atoms with van der Waals surface area (Å²) in [5.41, 5.74) is 0.242. The Morgan fingerprint density at radius 1 is 1.50 bits per heavy atom. The summed E-state index contributed by atoms with van der Waals surface area (Å²) < 4.78 is 22.7. The van der Waals surface area contributed by atoms with Crippen molar-refractivity contribution in [1.82, 2.24) is 0 Å². The van der Waals surface area contributed by atoms with Crippen LogP contribution in [0.3, 0.4) is 0 Å². The van der Waals surface area contributed by atoms with Crippen molar-refractivity contribution in [2.75, 3.05) is 0 Å². The Labute approximate surface area is 105 Å². The van der Waals surface area contributed by atoms with E-state index < -0.39 is 9.05 Å². The van der Waals surface area contributed by atoms with Gasteiger partial charge < -0.3 is 0 Å². The van der Waals surface area contributed by atoms with Crippen LogP contribution >= 0.6 is 45.9 Å². The van der Waals surface area contributed by atoms with Crippen molar-refractivity contribution in [1.29, 1.82) is 5.26 Å². The van der Waals surface area contributed by atoms with Crippen LogP contribution < -0.4 is 0 Å². The predicted octanol–water partition coefficient (Wildman–Crippen LogP) is 2.38. The third kappa shape index (κ3) is 2.53. The SMILES string of the molecule is N#Cc1cc(I)c(S)c(S(=O)(=O)Cl)c1. The highest BCUT2D eigenvalue weighted by Gasteiger charge is 2.17. The van der Waals surface area contributed by atoms with Crippen molar-refractivity contribution in [3.8, 4) is 6.07 Å². The average molecular weight is 360 g/mol. The van der Waals surface area contributed by atoms with E-state index >= 15 is 0 Å². The highest BCUT2D eigenvalue weighted by atomic mass is 127. The molecule has 0 heterocycles. The lowest BCUT2D eigenvalue weighted by Gasteiger charge is -2.03. The van der Waals surface area contributed by atoms with Crippen molar-refractivity contribution in [2.45, 2.75) is 9.79 Å². The Morgan fingerprint density at radius 3 is 2.50 bits per heavy atom. The van der Waals surface area contributed by atoms with Crippen LogP contribution in [0, 0.1) is 14.9 Å². The number of benzene rings is 1. The first-order valence-electron chi connectivity index (χ1n) is 3.23. The first-order chi connectivity index (χ1) is 6.36. The lowest BCUT2D eigenvalue weighted by molar-refractivity contribution is 0.607. The molecule has 1 aromatic carbocycles. The van der Waals surface area contributed by atoms with Gasteiger partial charge in [0, 0.05) is 19.1 Å². The molecule has 0 N–H and O–H groups in total. The van der Waals surface area contributed by atoms with Gasteiger partial charge in [0.25, 0.3) is 9.05 Å². The first-order valence-corrected chi connectivity index (χ1v) is 7.07. The maximum Gasteiger partial charge on any atom is 0.262 e. The normalized spacial score (nSPS) is 11.0. The van der Waals surface area contributed by atoms with E-state index in [0.29, 0.717) is 3.57 Å². The van der Waals surface area contributed by atoms with Crippen molar-refractivity contribution >= 4 is 55.0 Å². The molecule has 7 heteroatoms. The van der Waals surface area contributed by atoms with Gasteiger partial charge in [-0.2, -0.15) is 5.26 Å². The molecule has 3 nitrogen and oxygen atoms in total. The van der Waals surface area contributed by atoms with Gasteiger partial charge in [0.2, 0.25) is 0 Å². The lowest BCUT2D eigenvalue weighted by atomic mass is 10.2. The van der Waals surface area contributed by atoms with Crippen molar-refractivity contribution < 1.29 is 8.42 Å². The molecule has 0 unspecified atom stereocenters. The van der Waals surface area contributed by atoms with Crippen molar-refractivity contribution in [3.05, 3.63) is 21.3 Å². The van der Waals surface area contributed by atoms with Crippen LogP contribution in [0.2, 0.25) is 0 Å². The smallest absolute Gasteiger partial charge is 0.207 e. The van der Waals surface area contributed by atoms with Gasteiger partial charge in [-0.15, -0.1) is 12.6 Å². The highest BCUT2D eigenvalue weighted by molar-refractivity contribution is 14.1. The van der Waals surface area contributed by atoms with Crippen LogP contribution in [0.25, 0.3) is 0 Å². The molecule has 0 aromatic heterocycles. The van der Waals surface area contributed by atoms with Crippen LogP contribution in [0.1, 0.15) is 5.56 Å². The quantitative estimate of drug-likeness (QED) is 0.476. The Bertz CT molecular complexity index is 521. The van der Waals surface area contributed by atoms with Gasteiger partial charge in [-0.3, -0.25) is 0 Å². The predicted molar refractivity (Wildman–Crippen MR) is 64.2 cm³/mol. The lowest BCUT2D eigenvalue weighted by Crippen LogP contribution is -1.95. The number of hydrogen-bond acceptors (Lipinski definition) is 4. The van der Waals surface area contributed by atoms with E-state index in [1.165, 1.54) is 12.1 Å². The van der Waals surface area contributed by atoms with Gasteiger partial charge >= 0.3 is 0 Å². The zero-order chi connectivity index (χ0) is 10.9. The molecule has 0 saturated carbocycles. The monoisotopic (exact) mass is 359 g/mol. The zero-order valence-electron chi connectivity index (χ0n) is 6.53. The zero-order valence-corrected chi connectivity index (χ0v) is 11.2. The molecular weight excluding hydrogens is 357 g/mol. The summed E-state index contributed by atoms with van der Waals surface area (Å²) >= 11 is 5.90. The van der Waals surface area contributed by atoms with Crippen LogP contribution in [0.4, 0.5) is 0 Å². The van der Waals surface area contributed by atoms with Crippen LogP contribution in [0.5, 0.6) is 0 Å². The van der Waals surface area contributed by atoms with Crippen molar-refractivity contribution in [2.24, 2.45) is 0 Å². The number of hydrogen-bond donors (Lipinski definition) is 1. The third-order valence-corrected chi connectivity index (χ3v) is 4.68. The minimum Gasteiger partial charge on any atom is -0.207 e. The summed E-state index contributed by atoms with van der Waals surface area (Å²) in [4.78, 5) is 0.130. The largest absolute Gasteiger partial charge is 0.262 e. The Kier molecular flexibility index (Phi) is 3.69. The number of nitrogens with zero attached hydrogens (tertiary/aromatic N) is 1. The fourth-order valence-electron chi connectivity index (χ4n) is 0.824. The molecule has 0 aliphatic carbocycles. The molecule has 0 fully saturated rings. The summed E-state index contributed by atoms with van der Waals surface area (Å²) in [5.74, 6) is 0. The van der Waals surface area contributed by atoms with E-state index in [-0.39, 0.29) is 15.4 Å². The Balaban J connectivity index is 3.61. The van der Waals surface area contributed by atoms with E-state index in [2.05, 4.69) is 12.6 Å². The minimum atomic E-state index is -3.85. The van der Waals surface area contributed by atoms with Crippen LogP contribution in [-0.4, -0.2) is 8.42 Å². The summed E-state index contributed by atoms with van der Waals surface area (Å²) in [6, 6.07) is 4.58. The molecule has 0 saturated heterocycles. The second-order valence-electron chi connectivity index (χ2n) is 2.35. The molecule has 0 radical (unpaired) electrons. The van der Waals surface area contributed by atoms with E-state index in [1.54, 1.807) is 0 Å². The molecular formula is C7H3ClINO2S2. The molecule has 0 aliphatic rings. The van der Waals surface area contributed by atoms with E-state index in [0.717, 1.165) is 0 Å². The van der Waals surface area contributed by atoms with Crippen LogP contribution in [-0.2, 0) is 9.05 Å². The maximum atomic E-state index is 11.1. The molecule has 0 atom stereocenters. The summed E-state index contributed by atoms with van der Waals surface area (Å²) in [6.07, 6.45) is 0. The van der Waals surface area contributed by atoms with Gasteiger partial charge in [-0.1, -0.05) is 0 Å². The Hall–Kier alpha value is 0.0300. The van der Waals surface area contributed by atoms with E-state index in [1.807, 2.05) is 28.7 Å².